The average Bonchev–Trinajstić information content (AvgIpc) is 2.54. The van der Waals surface area contributed by atoms with Crippen LogP contribution in [0.25, 0.3) is 0 Å². The second kappa shape index (κ2) is 14.9. The van der Waals surface area contributed by atoms with Gasteiger partial charge in [-0.1, -0.05) is 34.6 Å². The zero-order valence-electron chi connectivity index (χ0n) is 18.1. The Balaban J connectivity index is 3.71. The number of rotatable bonds is 15. The molecule has 0 atom stereocenters. The Bertz CT molecular complexity index is 404. The highest BCUT2D eigenvalue weighted by Crippen LogP contribution is 2.18. The van der Waals surface area contributed by atoms with Crippen LogP contribution < -0.4 is 0 Å². The van der Waals surface area contributed by atoms with Crippen LogP contribution in [0.1, 0.15) is 73.1 Å². The molecule has 0 aromatic heterocycles. The van der Waals surface area contributed by atoms with Crippen molar-refractivity contribution in [2.75, 3.05) is 39.5 Å². The van der Waals surface area contributed by atoms with Crippen LogP contribution in [0.5, 0.6) is 0 Å². The van der Waals surface area contributed by atoms with Gasteiger partial charge in [-0.05, 0) is 37.0 Å². The van der Waals surface area contributed by atoms with Gasteiger partial charge in [0.15, 0.2) is 0 Å². The summed E-state index contributed by atoms with van der Waals surface area (Å²) in [6.07, 6.45) is 3.97. The molecule has 27 heavy (non-hydrogen) atoms. The molecule has 0 radical (unpaired) electrons. The summed E-state index contributed by atoms with van der Waals surface area (Å²) in [7, 11) is 0. The Morgan fingerprint density at radius 1 is 0.926 bits per heavy atom. The maximum absolute atomic E-state index is 11.9. The summed E-state index contributed by atoms with van der Waals surface area (Å²) >= 11 is 0. The molecule has 0 fully saturated rings. The van der Waals surface area contributed by atoms with Crippen LogP contribution >= 0.6 is 0 Å². The normalized spacial score (nSPS) is 11.9. The molecule has 0 saturated carbocycles. The first-order valence-electron chi connectivity index (χ1n) is 10.3. The topological polar surface area (TPSA) is 76.1 Å². The van der Waals surface area contributed by atoms with Gasteiger partial charge < -0.3 is 19.5 Å². The lowest BCUT2D eigenvalue weighted by molar-refractivity contribution is -0.145. The molecule has 6 nitrogen and oxygen atoms in total. The van der Waals surface area contributed by atoms with E-state index in [1.807, 2.05) is 20.8 Å². The first-order valence-corrected chi connectivity index (χ1v) is 10.3. The van der Waals surface area contributed by atoms with Crippen molar-refractivity contribution >= 4 is 11.9 Å². The van der Waals surface area contributed by atoms with Gasteiger partial charge in [0, 0.05) is 26.2 Å². The number of carbonyl (C=O) groups is 2. The lowest BCUT2D eigenvalue weighted by Gasteiger charge is -2.23. The zero-order valence-corrected chi connectivity index (χ0v) is 18.1. The van der Waals surface area contributed by atoms with Gasteiger partial charge in [0.2, 0.25) is 0 Å². The Morgan fingerprint density at radius 3 is 2.04 bits per heavy atom. The molecule has 0 amide bonds. The maximum atomic E-state index is 11.9. The molecule has 0 aliphatic carbocycles. The Hall–Kier alpha value is -1.14. The van der Waals surface area contributed by atoms with E-state index in [0.717, 1.165) is 38.8 Å². The van der Waals surface area contributed by atoms with Crippen molar-refractivity contribution in [3.8, 4) is 0 Å². The quantitative estimate of drug-likeness (QED) is 0.343. The van der Waals surface area contributed by atoms with E-state index in [-0.39, 0.29) is 24.0 Å². The van der Waals surface area contributed by atoms with Crippen LogP contribution in [0.15, 0.2) is 0 Å². The molecule has 0 bridgehead atoms. The van der Waals surface area contributed by atoms with Crippen molar-refractivity contribution in [1.29, 1.82) is 0 Å². The van der Waals surface area contributed by atoms with Gasteiger partial charge in [-0.25, -0.2) is 0 Å². The third-order valence-electron chi connectivity index (χ3n) is 3.88. The van der Waals surface area contributed by atoms with Crippen molar-refractivity contribution in [1.82, 2.24) is 4.90 Å². The van der Waals surface area contributed by atoms with E-state index in [1.54, 1.807) is 0 Å². The van der Waals surface area contributed by atoms with Crippen LogP contribution in [0.3, 0.4) is 0 Å². The van der Waals surface area contributed by atoms with Gasteiger partial charge in [0.1, 0.15) is 0 Å². The third-order valence-corrected chi connectivity index (χ3v) is 3.88. The molecule has 0 spiro atoms. The van der Waals surface area contributed by atoms with E-state index in [2.05, 4.69) is 18.7 Å². The SMILES string of the molecule is CC(C)CN(CCCO)CCC(=O)OCCCCCOC(=O)CC(C)(C)C. The first kappa shape index (κ1) is 25.9. The van der Waals surface area contributed by atoms with E-state index >= 15 is 0 Å². The molecular formula is C21H41NO5. The van der Waals surface area contributed by atoms with E-state index < -0.39 is 0 Å². The fourth-order valence-corrected chi connectivity index (χ4v) is 2.66. The van der Waals surface area contributed by atoms with Gasteiger partial charge in [-0.2, -0.15) is 0 Å². The Kier molecular flexibility index (Phi) is 14.2. The second-order valence-electron chi connectivity index (χ2n) is 8.76. The van der Waals surface area contributed by atoms with Crippen LogP contribution in [0, 0.1) is 11.3 Å². The van der Waals surface area contributed by atoms with Gasteiger partial charge >= 0.3 is 11.9 Å². The summed E-state index contributed by atoms with van der Waals surface area (Å²) in [4.78, 5) is 25.6. The number of aliphatic hydroxyl groups is 1. The minimum absolute atomic E-state index is 0.0475. The molecule has 0 aliphatic rings. The van der Waals surface area contributed by atoms with E-state index in [9.17, 15) is 9.59 Å². The second-order valence-corrected chi connectivity index (χ2v) is 8.76. The highest BCUT2D eigenvalue weighted by atomic mass is 16.5. The van der Waals surface area contributed by atoms with E-state index in [4.69, 9.17) is 14.6 Å². The monoisotopic (exact) mass is 387 g/mol. The summed E-state index contributed by atoms with van der Waals surface area (Å²) in [5.74, 6) is 0.197. The molecule has 1 N–H and O–H groups in total. The van der Waals surface area contributed by atoms with Crippen LogP contribution in [-0.2, 0) is 19.1 Å². The van der Waals surface area contributed by atoms with Crippen LogP contribution in [0.2, 0.25) is 0 Å². The van der Waals surface area contributed by atoms with E-state index in [1.165, 1.54) is 0 Å². The molecule has 0 aromatic carbocycles. The summed E-state index contributed by atoms with van der Waals surface area (Å²) in [5.41, 5.74) is -0.0475. The average molecular weight is 388 g/mol. The summed E-state index contributed by atoms with van der Waals surface area (Å²) in [6.45, 7) is 13.7. The number of carbonyl (C=O) groups excluding carboxylic acids is 2. The van der Waals surface area contributed by atoms with Crippen molar-refractivity contribution in [3.05, 3.63) is 0 Å². The van der Waals surface area contributed by atoms with Gasteiger partial charge in [-0.15, -0.1) is 0 Å². The predicted molar refractivity (Wildman–Crippen MR) is 107 cm³/mol. The standard InChI is InChI=1S/C21H41NO5/c1-18(2)17-22(11-9-13-23)12-10-19(24)26-14-7-6-8-15-27-20(25)16-21(3,4)5/h18,23H,6-17H2,1-5H3. The summed E-state index contributed by atoms with van der Waals surface area (Å²) in [5, 5.41) is 8.97. The number of hydrogen-bond acceptors (Lipinski definition) is 6. The molecule has 0 aliphatic heterocycles. The van der Waals surface area contributed by atoms with Crippen molar-refractivity contribution in [2.45, 2.75) is 73.1 Å². The summed E-state index contributed by atoms with van der Waals surface area (Å²) in [6, 6.07) is 0. The van der Waals surface area contributed by atoms with Crippen LogP contribution in [0.4, 0.5) is 0 Å². The molecule has 0 rings (SSSR count). The van der Waals surface area contributed by atoms with Crippen molar-refractivity contribution in [2.24, 2.45) is 11.3 Å². The van der Waals surface area contributed by atoms with Gasteiger partial charge in [0.05, 0.1) is 26.1 Å². The number of hydrogen-bond donors (Lipinski definition) is 1. The Labute approximate surface area is 165 Å². The maximum Gasteiger partial charge on any atom is 0.307 e. The molecule has 0 unspecified atom stereocenters. The minimum Gasteiger partial charge on any atom is -0.466 e. The fraction of sp³-hybridized carbons (Fsp3) is 0.905. The number of esters is 2. The molecule has 6 heteroatoms. The van der Waals surface area contributed by atoms with Gasteiger partial charge in [0.25, 0.3) is 0 Å². The van der Waals surface area contributed by atoms with Crippen molar-refractivity contribution < 1.29 is 24.2 Å². The molecular weight excluding hydrogens is 346 g/mol. The number of ether oxygens (including phenoxy) is 2. The predicted octanol–water partition coefficient (Wildman–Crippen LogP) is 3.41. The van der Waals surface area contributed by atoms with Crippen molar-refractivity contribution in [3.63, 3.8) is 0 Å². The molecule has 0 heterocycles. The fourth-order valence-electron chi connectivity index (χ4n) is 2.66. The molecule has 0 saturated heterocycles. The number of aliphatic hydroxyl groups excluding tert-OH is 1. The highest BCUT2D eigenvalue weighted by Gasteiger charge is 2.16. The smallest absolute Gasteiger partial charge is 0.307 e. The Morgan fingerprint density at radius 2 is 1.52 bits per heavy atom. The zero-order chi connectivity index (χ0) is 20.7. The van der Waals surface area contributed by atoms with Crippen LogP contribution in [-0.4, -0.2) is 61.4 Å². The molecule has 160 valence electrons. The van der Waals surface area contributed by atoms with E-state index in [0.29, 0.717) is 38.5 Å². The number of nitrogens with zero attached hydrogens (tertiary/aromatic N) is 1. The first-order chi connectivity index (χ1) is 12.6. The lowest BCUT2D eigenvalue weighted by atomic mass is 9.92. The number of unbranched alkanes of at least 4 members (excludes halogenated alkanes) is 2. The minimum atomic E-state index is -0.177. The van der Waals surface area contributed by atoms with Gasteiger partial charge in [-0.3, -0.25) is 9.59 Å². The molecule has 0 aromatic rings. The summed E-state index contributed by atoms with van der Waals surface area (Å²) < 4.78 is 10.5. The largest absolute Gasteiger partial charge is 0.466 e. The lowest BCUT2D eigenvalue weighted by Crippen LogP contribution is -2.31. The third kappa shape index (κ3) is 18.0. The highest BCUT2D eigenvalue weighted by molar-refractivity contribution is 5.70.